The highest BCUT2D eigenvalue weighted by Gasteiger charge is 2.34. The third kappa shape index (κ3) is 6.02. The van der Waals surface area contributed by atoms with Crippen LogP contribution in [0.25, 0.3) is 0 Å². The maximum absolute atomic E-state index is 11.9. The SMILES string of the molecule is CCC(C)(C)N1COc2ccc(C(C)(CCC(N)=O)c3ccc4c(c3)CN(C(C)CC(C)C)CO4)cc2C1. The largest absolute Gasteiger partial charge is 0.478 e. The van der Waals surface area contributed by atoms with Gasteiger partial charge >= 0.3 is 0 Å². The first-order valence-corrected chi connectivity index (χ1v) is 14.2. The Balaban J connectivity index is 1.68. The molecule has 2 aromatic rings. The number of amides is 1. The molecule has 2 heterocycles. The standard InChI is InChI=1S/C32H47N3O3/c1-8-31(5,6)35-19-25-17-27(10-12-29(25)38-21-35)32(7,14-13-30(33)36)26-9-11-28-24(16-26)18-34(20-37-28)23(4)15-22(2)3/h9-12,16-17,22-23H,8,13-15,18-21H2,1-7H3,(H2,33,36). The van der Waals surface area contributed by atoms with E-state index in [1.165, 1.54) is 22.3 Å². The molecule has 208 valence electrons. The molecular formula is C32H47N3O3. The molecule has 0 saturated heterocycles. The normalized spacial score (nSPS) is 18.6. The number of ether oxygens (including phenoxy) is 2. The quantitative estimate of drug-likeness (QED) is 0.404. The molecule has 0 spiro atoms. The molecule has 6 heteroatoms. The number of nitrogens with zero attached hydrogens (tertiary/aromatic N) is 2. The second-order valence-electron chi connectivity index (χ2n) is 12.6. The van der Waals surface area contributed by atoms with Crippen molar-refractivity contribution in [3.8, 4) is 11.5 Å². The van der Waals surface area contributed by atoms with E-state index in [0.29, 0.717) is 38.3 Å². The van der Waals surface area contributed by atoms with Gasteiger partial charge in [0.2, 0.25) is 5.91 Å². The zero-order valence-corrected chi connectivity index (χ0v) is 24.5. The van der Waals surface area contributed by atoms with Gasteiger partial charge in [-0.2, -0.15) is 0 Å². The monoisotopic (exact) mass is 521 g/mol. The van der Waals surface area contributed by atoms with Crippen LogP contribution in [0.4, 0.5) is 0 Å². The molecule has 4 rings (SSSR count). The summed E-state index contributed by atoms with van der Waals surface area (Å²) in [7, 11) is 0. The zero-order chi connectivity index (χ0) is 27.7. The van der Waals surface area contributed by atoms with Crippen molar-refractivity contribution in [3.05, 3.63) is 58.7 Å². The summed E-state index contributed by atoms with van der Waals surface area (Å²) in [6.45, 7) is 18.7. The topological polar surface area (TPSA) is 68.0 Å². The summed E-state index contributed by atoms with van der Waals surface area (Å²) in [6.07, 6.45) is 3.15. The highest BCUT2D eigenvalue weighted by Crippen LogP contribution is 2.42. The summed E-state index contributed by atoms with van der Waals surface area (Å²) < 4.78 is 12.3. The van der Waals surface area contributed by atoms with Gasteiger partial charge in [0, 0.05) is 47.6 Å². The van der Waals surface area contributed by atoms with Crippen LogP contribution in [0.15, 0.2) is 36.4 Å². The molecule has 0 radical (unpaired) electrons. The lowest BCUT2D eigenvalue weighted by molar-refractivity contribution is -0.118. The van der Waals surface area contributed by atoms with Crippen molar-refractivity contribution < 1.29 is 14.3 Å². The number of nitrogens with two attached hydrogens (primary N) is 1. The fourth-order valence-electron chi connectivity index (χ4n) is 5.74. The minimum atomic E-state index is -0.381. The van der Waals surface area contributed by atoms with Crippen molar-refractivity contribution in [2.45, 2.75) is 104 Å². The number of hydrogen-bond donors (Lipinski definition) is 1. The Morgan fingerprint density at radius 2 is 1.53 bits per heavy atom. The van der Waals surface area contributed by atoms with Gasteiger partial charge in [0.05, 0.1) is 0 Å². The Bertz CT molecular complexity index is 1140. The van der Waals surface area contributed by atoms with Crippen LogP contribution in [0, 0.1) is 5.92 Å². The van der Waals surface area contributed by atoms with E-state index in [0.717, 1.165) is 37.4 Å². The fourth-order valence-corrected chi connectivity index (χ4v) is 5.74. The van der Waals surface area contributed by atoms with Gasteiger partial charge in [0.1, 0.15) is 25.0 Å². The molecule has 2 aliphatic rings. The Hall–Kier alpha value is -2.57. The third-order valence-electron chi connectivity index (χ3n) is 8.92. The molecule has 1 amide bonds. The van der Waals surface area contributed by atoms with E-state index in [4.69, 9.17) is 15.2 Å². The first kappa shape index (κ1) is 28.4. The van der Waals surface area contributed by atoms with E-state index in [-0.39, 0.29) is 16.9 Å². The molecule has 38 heavy (non-hydrogen) atoms. The van der Waals surface area contributed by atoms with E-state index in [1.807, 2.05) is 0 Å². The van der Waals surface area contributed by atoms with Gasteiger partial charge in [0.15, 0.2) is 0 Å². The van der Waals surface area contributed by atoms with Gasteiger partial charge < -0.3 is 15.2 Å². The molecular weight excluding hydrogens is 474 g/mol. The van der Waals surface area contributed by atoms with Gasteiger partial charge in [0.25, 0.3) is 0 Å². The van der Waals surface area contributed by atoms with Crippen LogP contribution in [0.3, 0.4) is 0 Å². The van der Waals surface area contributed by atoms with E-state index in [9.17, 15) is 4.79 Å². The van der Waals surface area contributed by atoms with E-state index in [2.05, 4.69) is 94.7 Å². The average molecular weight is 522 g/mol. The molecule has 6 nitrogen and oxygen atoms in total. The maximum atomic E-state index is 11.9. The minimum absolute atomic E-state index is 0.0556. The maximum Gasteiger partial charge on any atom is 0.217 e. The lowest BCUT2D eigenvalue weighted by Gasteiger charge is -2.41. The number of rotatable bonds is 10. The van der Waals surface area contributed by atoms with Gasteiger partial charge in [-0.1, -0.05) is 39.8 Å². The molecule has 2 aliphatic heterocycles. The lowest BCUT2D eigenvalue weighted by atomic mass is 9.72. The smallest absolute Gasteiger partial charge is 0.217 e. The summed E-state index contributed by atoms with van der Waals surface area (Å²) in [4.78, 5) is 16.7. The molecule has 2 atom stereocenters. The summed E-state index contributed by atoms with van der Waals surface area (Å²) in [5, 5.41) is 0. The Morgan fingerprint density at radius 3 is 2.08 bits per heavy atom. The number of primary amides is 1. The lowest BCUT2D eigenvalue weighted by Crippen LogP contribution is -2.47. The van der Waals surface area contributed by atoms with Gasteiger partial charge in [-0.25, -0.2) is 0 Å². The Kier molecular flexibility index (Phi) is 8.43. The van der Waals surface area contributed by atoms with Crippen molar-refractivity contribution in [2.75, 3.05) is 13.5 Å². The molecule has 0 fully saturated rings. The van der Waals surface area contributed by atoms with Crippen LogP contribution in [0.5, 0.6) is 11.5 Å². The fraction of sp³-hybridized carbons (Fsp3) is 0.594. The predicted octanol–water partition coefficient (Wildman–Crippen LogP) is 6.19. The molecule has 0 aromatic heterocycles. The molecule has 2 unspecified atom stereocenters. The summed E-state index contributed by atoms with van der Waals surface area (Å²) in [5.74, 6) is 2.27. The van der Waals surface area contributed by atoms with Crippen LogP contribution >= 0.6 is 0 Å². The molecule has 0 aliphatic carbocycles. The van der Waals surface area contributed by atoms with Crippen molar-refractivity contribution in [1.82, 2.24) is 9.80 Å². The van der Waals surface area contributed by atoms with Gasteiger partial charge in [-0.3, -0.25) is 14.6 Å². The average Bonchev–Trinajstić information content (AvgIpc) is 2.90. The van der Waals surface area contributed by atoms with Crippen LogP contribution in [-0.4, -0.2) is 40.7 Å². The van der Waals surface area contributed by atoms with Crippen molar-refractivity contribution >= 4 is 5.91 Å². The Morgan fingerprint density at radius 1 is 0.947 bits per heavy atom. The Labute approximate surface area is 229 Å². The van der Waals surface area contributed by atoms with Gasteiger partial charge in [-0.05, 0) is 81.3 Å². The minimum Gasteiger partial charge on any atom is -0.478 e. The highest BCUT2D eigenvalue weighted by molar-refractivity contribution is 5.74. The number of carbonyl (C=O) groups is 1. The third-order valence-corrected chi connectivity index (χ3v) is 8.92. The number of hydrogen-bond acceptors (Lipinski definition) is 5. The number of benzene rings is 2. The van der Waals surface area contributed by atoms with Gasteiger partial charge in [-0.15, -0.1) is 0 Å². The highest BCUT2D eigenvalue weighted by atomic mass is 16.5. The zero-order valence-electron chi connectivity index (χ0n) is 24.5. The first-order valence-electron chi connectivity index (χ1n) is 14.2. The number of carbonyl (C=O) groups excluding carboxylic acids is 1. The molecule has 2 aromatic carbocycles. The van der Waals surface area contributed by atoms with Crippen LogP contribution in [0.1, 0.15) is 96.4 Å². The molecule has 0 bridgehead atoms. The van der Waals surface area contributed by atoms with Crippen molar-refractivity contribution in [2.24, 2.45) is 11.7 Å². The van der Waals surface area contributed by atoms with Crippen LogP contribution < -0.4 is 15.2 Å². The second kappa shape index (κ2) is 11.3. The van der Waals surface area contributed by atoms with Crippen LogP contribution in [0.2, 0.25) is 0 Å². The molecule has 0 saturated carbocycles. The molecule has 2 N–H and O–H groups in total. The van der Waals surface area contributed by atoms with Crippen LogP contribution in [-0.2, 0) is 23.3 Å². The second-order valence-corrected chi connectivity index (χ2v) is 12.6. The van der Waals surface area contributed by atoms with Crippen molar-refractivity contribution in [1.29, 1.82) is 0 Å². The number of fused-ring (bicyclic) bond motifs is 2. The summed E-state index contributed by atoms with van der Waals surface area (Å²) in [6, 6.07) is 13.5. The van der Waals surface area contributed by atoms with E-state index >= 15 is 0 Å². The van der Waals surface area contributed by atoms with Crippen molar-refractivity contribution in [3.63, 3.8) is 0 Å². The van der Waals surface area contributed by atoms with E-state index < -0.39 is 0 Å². The first-order chi connectivity index (χ1) is 17.9. The summed E-state index contributed by atoms with van der Waals surface area (Å²) in [5.41, 5.74) is 10.1. The van der Waals surface area contributed by atoms with E-state index in [1.54, 1.807) is 0 Å². The predicted molar refractivity (Wildman–Crippen MR) is 153 cm³/mol. The summed E-state index contributed by atoms with van der Waals surface area (Å²) >= 11 is 0.